The first-order chi connectivity index (χ1) is 3.41. The molecule has 0 aromatic heterocycles. The molecule has 0 fully saturated rings. The molecular formula is C5H13NO. The molecule has 0 aliphatic rings. The maximum atomic E-state index is 4.26. The van der Waals surface area contributed by atoms with Gasteiger partial charge in [-0.05, 0) is 6.92 Å². The minimum atomic E-state index is 1.51. The molecule has 0 aromatic rings. The highest BCUT2D eigenvalue weighted by Crippen LogP contribution is 1.56. The summed E-state index contributed by atoms with van der Waals surface area (Å²) in [6, 6.07) is 0. The molecule has 0 aliphatic carbocycles. The normalized spacial score (nSPS) is 7.43. The standard InChI is InChI=1S/C3H7NO.C2H6/c1-3-4-5-2;1-2/h3H,1-2H3;1-2H3/b4-3+;. The van der Waals surface area contributed by atoms with Gasteiger partial charge in [-0.25, -0.2) is 0 Å². The summed E-state index contributed by atoms with van der Waals surface area (Å²) < 4.78 is 0. The average molecular weight is 103 g/mol. The van der Waals surface area contributed by atoms with E-state index in [1.54, 1.807) is 13.1 Å². The van der Waals surface area contributed by atoms with E-state index in [2.05, 4.69) is 9.99 Å². The van der Waals surface area contributed by atoms with Gasteiger partial charge in [0.05, 0.1) is 0 Å². The van der Waals surface area contributed by atoms with Crippen molar-refractivity contribution < 1.29 is 4.84 Å². The summed E-state index contributed by atoms with van der Waals surface area (Å²) in [5.41, 5.74) is 0. The molecule has 0 N–H and O–H groups in total. The van der Waals surface area contributed by atoms with Crippen molar-refractivity contribution in [3.8, 4) is 0 Å². The van der Waals surface area contributed by atoms with Gasteiger partial charge >= 0.3 is 0 Å². The Labute approximate surface area is 45.2 Å². The van der Waals surface area contributed by atoms with Crippen LogP contribution in [0.3, 0.4) is 0 Å². The lowest BCUT2D eigenvalue weighted by Gasteiger charge is -1.75. The topological polar surface area (TPSA) is 21.6 Å². The van der Waals surface area contributed by atoms with Crippen LogP contribution < -0.4 is 0 Å². The highest BCUT2D eigenvalue weighted by Gasteiger charge is 1.46. The number of hydrogen-bond acceptors (Lipinski definition) is 2. The van der Waals surface area contributed by atoms with Crippen LogP contribution in [0.4, 0.5) is 0 Å². The third-order valence-corrected chi connectivity index (χ3v) is 0.211. The monoisotopic (exact) mass is 103 g/mol. The first-order valence-corrected chi connectivity index (χ1v) is 2.43. The lowest BCUT2D eigenvalue weighted by atomic mass is 10.9. The van der Waals surface area contributed by atoms with Gasteiger partial charge in [0.15, 0.2) is 0 Å². The zero-order chi connectivity index (χ0) is 6.12. The summed E-state index contributed by atoms with van der Waals surface area (Å²) in [5.74, 6) is 0. The lowest BCUT2D eigenvalue weighted by molar-refractivity contribution is 0.215. The average Bonchev–Trinajstić information content (AvgIpc) is 1.75. The van der Waals surface area contributed by atoms with Crippen LogP contribution in [0.1, 0.15) is 20.8 Å². The molecule has 2 heteroatoms. The van der Waals surface area contributed by atoms with Gasteiger partial charge in [0.25, 0.3) is 0 Å². The van der Waals surface area contributed by atoms with Gasteiger partial charge in [0, 0.05) is 6.21 Å². The van der Waals surface area contributed by atoms with Gasteiger partial charge in [-0.3, -0.25) is 0 Å². The molecule has 0 saturated heterocycles. The van der Waals surface area contributed by atoms with Crippen LogP contribution in [-0.2, 0) is 4.84 Å². The molecule has 0 rings (SSSR count). The smallest absolute Gasteiger partial charge is 0.106 e. The maximum Gasteiger partial charge on any atom is 0.106 e. The molecule has 0 heterocycles. The van der Waals surface area contributed by atoms with E-state index in [9.17, 15) is 0 Å². The van der Waals surface area contributed by atoms with Crippen LogP contribution in [0.25, 0.3) is 0 Å². The first-order valence-electron chi connectivity index (χ1n) is 2.43. The minimum Gasteiger partial charge on any atom is -0.399 e. The van der Waals surface area contributed by atoms with Crippen molar-refractivity contribution in [3.05, 3.63) is 0 Å². The summed E-state index contributed by atoms with van der Waals surface area (Å²) in [6.45, 7) is 5.80. The third-order valence-electron chi connectivity index (χ3n) is 0.211. The molecule has 0 aromatic carbocycles. The molecule has 2 nitrogen and oxygen atoms in total. The van der Waals surface area contributed by atoms with Crippen molar-refractivity contribution in [1.29, 1.82) is 0 Å². The van der Waals surface area contributed by atoms with Crippen LogP contribution in [0.15, 0.2) is 5.16 Å². The molecular weight excluding hydrogens is 90.1 g/mol. The number of hydrogen-bond donors (Lipinski definition) is 0. The van der Waals surface area contributed by atoms with Gasteiger partial charge in [-0.1, -0.05) is 13.8 Å². The Morgan fingerprint density at radius 1 is 1.43 bits per heavy atom. The van der Waals surface area contributed by atoms with Crippen LogP contribution in [0.5, 0.6) is 0 Å². The molecule has 0 aliphatic heterocycles. The fourth-order valence-corrected chi connectivity index (χ4v) is 0.105. The minimum absolute atomic E-state index is 1.51. The van der Waals surface area contributed by atoms with E-state index in [0.29, 0.717) is 0 Å². The van der Waals surface area contributed by atoms with Crippen molar-refractivity contribution >= 4 is 6.21 Å². The number of rotatable bonds is 1. The van der Waals surface area contributed by atoms with E-state index in [4.69, 9.17) is 0 Å². The van der Waals surface area contributed by atoms with Crippen molar-refractivity contribution in [2.24, 2.45) is 5.16 Å². The van der Waals surface area contributed by atoms with Crippen LogP contribution >= 0.6 is 0 Å². The Morgan fingerprint density at radius 2 is 1.86 bits per heavy atom. The summed E-state index contributed by atoms with van der Waals surface area (Å²) in [4.78, 5) is 4.26. The van der Waals surface area contributed by atoms with E-state index in [1.807, 2.05) is 13.8 Å². The second-order valence-corrected chi connectivity index (χ2v) is 0.546. The van der Waals surface area contributed by atoms with E-state index < -0.39 is 0 Å². The molecule has 7 heavy (non-hydrogen) atoms. The maximum absolute atomic E-state index is 4.26. The van der Waals surface area contributed by atoms with E-state index in [0.717, 1.165) is 0 Å². The number of oxime groups is 1. The Balaban J connectivity index is 0. The molecule has 0 amide bonds. The summed E-state index contributed by atoms with van der Waals surface area (Å²) in [7, 11) is 1.51. The van der Waals surface area contributed by atoms with E-state index in [-0.39, 0.29) is 0 Å². The van der Waals surface area contributed by atoms with Crippen molar-refractivity contribution in [1.82, 2.24) is 0 Å². The van der Waals surface area contributed by atoms with Gasteiger partial charge in [-0.15, -0.1) is 5.16 Å². The van der Waals surface area contributed by atoms with Crippen molar-refractivity contribution in [2.45, 2.75) is 20.8 Å². The predicted molar refractivity (Wildman–Crippen MR) is 32.5 cm³/mol. The van der Waals surface area contributed by atoms with Crippen LogP contribution in [0.2, 0.25) is 0 Å². The summed E-state index contributed by atoms with van der Waals surface area (Å²) >= 11 is 0. The highest BCUT2D eigenvalue weighted by atomic mass is 16.6. The van der Waals surface area contributed by atoms with Gasteiger partial charge in [0.1, 0.15) is 7.11 Å². The Bertz CT molecular complexity index is 35.1. The van der Waals surface area contributed by atoms with Crippen LogP contribution in [-0.4, -0.2) is 13.3 Å². The van der Waals surface area contributed by atoms with Gasteiger partial charge in [-0.2, -0.15) is 0 Å². The van der Waals surface area contributed by atoms with Crippen molar-refractivity contribution in [2.75, 3.05) is 7.11 Å². The second-order valence-electron chi connectivity index (χ2n) is 0.546. The number of nitrogens with zero attached hydrogens (tertiary/aromatic N) is 1. The predicted octanol–water partition coefficient (Wildman–Crippen LogP) is 1.66. The largest absolute Gasteiger partial charge is 0.399 e. The molecule has 0 bridgehead atoms. The molecule has 0 radical (unpaired) electrons. The van der Waals surface area contributed by atoms with Crippen LogP contribution in [0, 0.1) is 0 Å². The first kappa shape index (κ1) is 9.69. The third kappa shape index (κ3) is 30.5. The zero-order valence-electron chi connectivity index (χ0n) is 5.43. The molecule has 0 atom stereocenters. The van der Waals surface area contributed by atoms with E-state index in [1.165, 1.54) is 7.11 Å². The lowest BCUT2D eigenvalue weighted by Crippen LogP contribution is -1.63. The molecule has 0 saturated carbocycles. The Hall–Kier alpha value is -0.530. The fraction of sp³-hybridized carbons (Fsp3) is 0.800. The highest BCUT2D eigenvalue weighted by molar-refractivity contribution is 5.52. The molecule has 0 spiro atoms. The summed E-state index contributed by atoms with van der Waals surface area (Å²) in [5, 5.41) is 3.35. The second kappa shape index (κ2) is 17.9. The van der Waals surface area contributed by atoms with E-state index >= 15 is 0 Å². The molecule has 44 valence electrons. The van der Waals surface area contributed by atoms with Gasteiger partial charge in [0.2, 0.25) is 0 Å². The SMILES string of the molecule is C/C=N/OC.CC. The zero-order valence-corrected chi connectivity index (χ0v) is 5.43. The van der Waals surface area contributed by atoms with Gasteiger partial charge < -0.3 is 4.84 Å². The Kier molecular flexibility index (Phi) is 24.8. The van der Waals surface area contributed by atoms with Crippen molar-refractivity contribution in [3.63, 3.8) is 0 Å². The summed E-state index contributed by atoms with van der Waals surface area (Å²) in [6.07, 6.45) is 1.58. The Morgan fingerprint density at radius 3 is 1.86 bits per heavy atom. The fourth-order valence-electron chi connectivity index (χ4n) is 0.105. The molecule has 0 unspecified atom stereocenters. The quantitative estimate of drug-likeness (QED) is 0.365.